The maximum absolute atomic E-state index is 12.4. The molecule has 0 aliphatic heterocycles. The largest absolute Gasteiger partial charge is 0.482 e. The molecule has 0 saturated heterocycles. The second-order valence-corrected chi connectivity index (χ2v) is 10.1. The maximum atomic E-state index is 12.4. The van der Waals surface area contributed by atoms with E-state index in [1.165, 1.54) is 30.2 Å². The zero-order valence-electron chi connectivity index (χ0n) is 19.4. The molecule has 1 atom stereocenters. The van der Waals surface area contributed by atoms with Crippen molar-refractivity contribution in [2.24, 2.45) is 5.92 Å². The molecule has 3 rings (SSSR count). The minimum atomic E-state index is -0.243. The number of rotatable bonds is 10. The number of aromatic nitrogens is 3. The topological polar surface area (TPSA) is 69.0 Å². The summed E-state index contributed by atoms with van der Waals surface area (Å²) in [5.41, 5.74) is 1.18. The summed E-state index contributed by atoms with van der Waals surface area (Å²) >= 11 is 1.45. The monoisotopic (exact) mass is 444 g/mol. The third-order valence-corrected chi connectivity index (χ3v) is 6.52. The first kappa shape index (κ1) is 23.6. The lowest BCUT2D eigenvalue weighted by molar-refractivity contribution is -0.119. The van der Waals surface area contributed by atoms with Gasteiger partial charge in [-0.2, -0.15) is 0 Å². The van der Waals surface area contributed by atoms with Gasteiger partial charge < -0.3 is 14.6 Å². The number of hydrogen-bond acceptors (Lipinski definition) is 5. The van der Waals surface area contributed by atoms with Gasteiger partial charge in [0, 0.05) is 12.6 Å². The van der Waals surface area contributed by atoms with Crippen LogP contribution in [-0.4, -0.2) is 32.5 Å². The van der Waals surface area contributed by atoms with Gasteiger partial charge in [0.05, 0.1) is 5.75 Å². The summed E-state index contributed by atoms with van der Waals surface area (Å²) in [7, 11) is 0. The summed E-state index contributed by atoms with van der Waals surface area (Å²) in [6.45, 7) is 11.5. The van der Waals surface area contributed by atoms with Crippen LogP contribution in [0.4, 0.5) is 0 Å². The molecule has 0 bridgehead atoms. The first-order chi connectivity index (χ1) is 14.8. The molecule has 1 aromatic heterocycles. The Morgan fingerprint density at radius 2 is 1.87 bits per heavy atom. The van der Waals surface area contributed by atoms with Crippen LogP contribution in [0.3, 0.4) is 0 Å². The molecular weight excluding hydrogens is 408 g/mol. The van der Waals surface area contributed by atoms with Gasteiger partial charge in [-0.25, -0.2) is 0 Å². The molecule has 1 aliphatic rings. The van der Waals surface area contributed by atoms with E-state index in [1.54, 1.807) is 0 Å². The normalized spacial score (nSPS) is 15.6. The molecule has 1 aromatic carbocycles. The lowest BCUT2D eigenvalue weighted by Gasteiger charge is -2.20. The molecule has 2 aromatic rings. The Bertz CT molecular complexity index is 859. The summed E-state index contributed by atoms with van der Waals surface area (Å²) in [6.07, 6.45) is 4.37. The molecule has 170 valence electrons. The highest BCUT2D eigenvalue weighted by molar-refractivity contribution is 7.99. The number of hydrogen-bond donors (Lipinski definition) is 1. The van der Waals surface area contributed by atoms with Crippen molar-refractivity contribution in [1.29, 1.82) is 0 Å². The van der Waals surface area contributed by atoms with Gasteiger partial charge in [-0.15, -0.1) is 10.2 Å². The van der Waals surface area contributed by atoms with Crippen LogP contribution >= 0.6 is 11.8 Å². The molecular formula is C24H36N4O2S. The van der Waals surface area contributed by atoms with Gasteiger partial charge in [-0.05, 0) is 43.2 Å². The van der Waals surface area contributed by atoms with E-state index >= 15 is 0 Å². The predicted octanol–water partition coefficient (Wildman–Crippen LogP) is 5.35. The Kier molecular flexibility index (Phi) is 8.41. The second-order valence-electron chi connectivity index (χ2n) is 9.14. The van der Waals surface area contributed by atoms with Crippen LogP contribution in [0.2, 0.25) is 0 Å². The van der Waals surface area contributed by atoms with Crippen LogP contribution in [0, 0.1) is 5.92 Å². The van der Waals surface area contributed by atoms with Crippen molar-refractivity contribution in [3.63, 3.8) is 0 Å². The Morgan fingerprint density at radius 1 is 1.16 bits per heavy atom. The van der Waals surface area contributed by atoms with Crippen molar-refractivity contribution in [3.8, 4) is 5.75 Å². The summed E-state index contributed by atoms with van der Waals surface area (Å²) in [6, 6.07) is 8.50. The van der Waals surface area contributed by atoms with E-state index in [0.717, 1.165) is 36.1 Å². The number of ether oxygens (including phenoxy) is 1. The van der Waals surface area contributed by atoms with E-state index in [1.807, 2.05) is 25.1 Å². The van der Waals surface area contributed by atoms with Crippen LogP contribution in [0.25, 0.3) is 0 Å². The SMILES string of the molecule is CC(C)Cn1c(SCC(=O)NC2CCCC2)nnc1C(C)Oc1ccccc1C(C)C. The van der Waals surface area contributed by atoms with E-state index < -0.39 is 0 Å². The molecule has 1 N–H and O–H groups in total. The smallest absolute Gasteiger partial charge is 0.230 e. The van der Waals surface area contributed by atoms with Gasteiger partial charge in [-0.1, -0.05) is 70.5 Å². The van der Waals surface area contributed by atoms with Crippen molar-refractivity contribution < 1.29 is 9.53 Å². The Hall–Kier alpha value is -2.02. The zero-order valence-corrected chi connectivity index (χ0v) is 20.2. The summed E-state index contributed by atoms with van der Waals surface area (Å²) in [4.78, 5) is 12.4. The minimum absolute atomic E-state index is 0.0766. The Balaban J connectivity index is 1.71. The highest BCUT2D eigenvalue weighted by Gasteiger charge is 2.23. The van der Waals surface area contributed by atoms with Crippen molar-refractivity contribution in [2.45, 2.75) is 90.1 Å². The number of nitrogens with zero attached hydrogens (tertiary/aromatic N) is 3. The number of benzene rings is 1. The average Bonchev–Trinajstić information content (AvgIpc) is 3.36. The zero-order chi connectivity index (χ0) is 22.4. The first-order valence-corrected chi connectivity index (χ1v) is 12.4. The van der Waals surface area contributed by atoms with E-state index in [4.69, 9.17) is 4.74 Å². The van der Waals surface area contributed by atoms with E-state index in [0.29, 0.717) is 23.6 Å². The molecule has 1 saturated carbocycles. The fourth-order valence-corrected chi connectivity index (χ4v) is 4.79. The quantitative estimate of drug-likeness (QED) is 0.500. The highest BCUT2D eigenvalue weighted by atomic mass is 32.2. The number of thioether (sulfide) groups is 1. The number of amides is 1. The van der Waals surface area contributed by atoms with Crippen molar-refractivity contribution >= 4 is 17.7 Å². The standard InChI is InChI=1S/C24H36N4O2S/c1-16(2)14-28-23(18(5)30-21-13-9-8-12-20(21)17(3)4)26-27-24(28)31-15-22(29)25-19-10-6-7-11-19/h8-9,12-13,16-19H,6-7,10-11,14-15H2,1-5H3,(H,25,29). The Labute approximate surface area is 190 Å². The van der Waals surface area contributed by atoms with E-state index in [-0.39, 0.29) is 12.0 Å². The molecule has 1 amide bonds. The molecule has 0 spiro atoms. The van der Waals surface area contributed by atoms with Crippen LogP contribution < -0.4 is 10.1 Å². The first-order valence-electron chi connectivity index (χ1n) is 11.5. The van der Waals surface area contributed by atoms with Gasteiger partial charge in [0.25, 0.3) is 0 Å². The number of para-hydroxylation sites is 1. The third kappa shape index (κ3) is 6.48. The van der Waals surface area contributed by atoms with Gasteiger partial charge in [0.15, 0.2) is 17.1 Å². The summed E-state index contributed by atoms with van der Waals surface area (Å²) in [5.74, 6) is 2.92. The van der Waals surface area contributed by atoms with Gasteiger partial charge in [-0.3, -0.25) is 4.79 Å². The molecule has 0 radical (unpaired) electrons. The predicted molar refractivity (Wildman–Crippen MR) is 126 cm³/mol. The lowest BCUT2D eigenvalue weighted by Crippen LogP contribution is -2.33. The molecule has 1 heterocycles. The minimum Gasteiger partial charge on any atom is -0.482 e. The number of nitrogens with one attached hydrogen (secondary N) is 1. The molecule has 1 aliphatic carbocycles. The van der Waals surface area contributed by atoms with Crippen LogP contribution in [0.5, 0.6) is 5.75 Å². The van der Waals surface area contributed by atoms with E-state index in [2.05, 4.69) is 53.8 Å². The number of carbonyl (C=O) groups is 1. The number of carbonyl (C=O) groups excluding carboxylic acids is 1. The average molecular weight is 445 g/mol. The molecule has 1 fully saturated rings. The van der Waals surface area contributed by atoms with Gasteiger partial charge in [0.1, 0.15) is 5.75 Å². The summed E-state index contributed by atoms with van der Waals surface area (Å²) < 4.78 is 8.44. The van der Waals surface area contributed by atoms with Gasteiger partial charge >= 0.3 is 0 Å². The Morgan fingerprint density at radius 3 is 2.55 bits per heavy atom. The molecule has 7 heteroatoms. The molecule has 1 unspecified atom stereocenters. The molecule has 31 heavy (non-hydrogen) atoms. The highest BCUT2D eigenvalue weighted by Crippen LogP contribution is 2.31. The van der Waals surface area contributed by atoms with Gasteiger partial charge in [0.2, 0.25) is 5.91 Å². The maximum Gasteiger partial charge on any atom is 0.230 e. The lowest BCUT2D eigenvalue weighted by atomic mass is 10.0. The third-order valence-electron chi connectivity index (χ3n) is 5.55. The summed E-state index contributed by atoms with van der Waals surface area (Å²) in [5, 5.41) is 12.8. The van der Waals surface area contributed by atoms with Crippen LogP contribution in [0.1, 0.15) is 83.7 Å². The van der Waals surface area contributed by atoms with Crippen LogP contribution in [0.15, 0.2) is 29.4 Å². The van der Waals surface area contributed by atoms with Crippen molar-refractivity contribution in [3.05, 3.63) is 35.7 Å². The molecule has 6 nitrogen and oxygen atoms in total. The van der Waals surface area contributed by atoms with Crippen LogP contribution in [-0.2, 0) is 11.3 Å². The second kappa shape index (κ2) is 11.0. The fraction of sp³-hybridized carbons (Fsp3) is 0.625. The van der Waals surface area contributed by atoms with E-state index in [9.17, 15) is 4.79 Å². The van der Waals surface area contributed by atoms with Crippen molar-refractivity contribution in [1.82, 2.24) is 20.1 Å². The fourth-order valence-electron chi connectivity index (χ4n) is 4.02. The van der Waals surface area contributed by atoms with Crippen molar-refractivity contribution in [2.75, 3.05) is 5.75 Å².